The predicted molar refractivity (Wildman–Crippen MR) is 229 cm³/mol. The number of aromatic nitrogens is 3. The third kappa shape index (κ3) is 10.0. The van der Waals surface area contributed by atoms with E-state index in [1.165, 1.54) is 27.7 Å². The number of pyridine rings is 1. The van der Waals surface area contributed by atoms with Crippen LogP contribution in [0.25, 0.3) is 22.4 Å². The molecule has 0 atom stereocenters. The number of nitriles is 2. The SMILES string of the molecule is COc1ccc(C(=O)Nc2ccc(C(C)(C)C#N)c(-c3ccccn3)c2)cc1OC.COc1ccc(C(=O)Nc2ccc(C(C)(C)C#N)c(-c3cncnc3)c2)cc1OC. The van der Waals surface area contributed by atoms with Crippen molar-refractivity contribution >= 4 is 23.2 Å². The molecule has 2 amide bonds. The van der Waals surface area contributed by atoms with Crippen LogP contribution in [0.4, 0.5) is 11.4 Å². The summed E-state index contributed by atoms with van der Waals surface area (Å²) in [6, 6.07) is 31.1. The van der Waals surface area contributed by atoms with Gasteiger partial charge in [0.2, 0.25) is 0 Å². The Morgan fingerprint density at radius 3 is 1.48 bits per heavy atom. The lowest BCUT2D eigenvalue weighted by molar-refractivity contribution is 0.101. The van der Waals surface area contributed by atoms with Crippen molar-refractivity contribution in [2.24, 2.45) is 0 Å². The molecule has 0 aliphatic carbocycles. The number of carbonyl (C=O) groups excluding carboxylic acids is 2. The van der Waals surface area contributed by atoms with E-state index >= 15 is 0 Å². The fourth-order valence-electron chi connectivity index (χ4n) is 6.23. The van der Waals surface area contributed by atoms with E-state index in [1.807, 2.05) is 70.2 Å². The molecule has 0 spiro atoms. The zero-order chi connectivity index (χ0) is 43.5. The van der Waals surface area contributed by atoms with Crippen LogP contribution in [0, 0.1) is 22.7 Å². The van der Waals surface area contributed by atoms with Crippen LogP contribution >= 0.6 is 0 Å². The number of ether oxygens (including phenoxy) is 4. The molecule has 0 aliphatic heterocycles. The number of rotatable bonds is 12. The minimum atomic E-state index is -0.725. The molecule has 0 bridgehead atoms. The molecule has 2 N–H and O–H groups in total. The molecule has 0 saturated heterocycles. The van der Waals surface area contributed by atoms with E-state index in [-0.39, 0.29) is 11.8 Å². The van der Waals surface area contributed by atoms with Gasteiger partial charge in [-0.2, -0.15) is 10.5 Å². The van der Waals surface area contributed by atoms with E-state index in [1.54, 1.807) is 74.2 Å². The highest BCUT2D eigenvalue weighted by Gasteiger charge is 2.26. The molecule has 0 radical (unpaired) electrons. The first-order chi connectivity index (χ1) is 28.8. The maximum atomic E-state index is 12.8. The van der Waals surface area contributed by atoms with E-state index in [9.17, 15) is 20.1 Å². The quantitative estimate of drug-likeness (QED) is 0.120. The lowest BCUT2D eigenvalue weighted by Gasteiger charge is -2.21. The highest BCUT2D eigenvalue weighted by molar-refractivity contribution is 6.05. The molecule has 0 saturated carbocycles. The monoisotopic (exact) mass is 803 g/mol. The largest absolute Gasteiger partial charge is 0.493 e. The fraction of sp³-hybridized carbons (Fsp3) is 0.213. The Labute approximate surface area is 349 Å². The van der Waals surface area contributed by atoms with Gasteiger partial charge in [0.25, 0.3) is 11.8 Å². The molecule has 4 aromatic carbocycles. The maximum absolute atomic E-state index is 12.8. The van der Waals surface area contributed by atoms with E-state index in [4.69, 9.17) is 18.9 Å². The summed E-state index contributed by atoms with van der Waals surface area (Å²) in [6.45, 7) is 7.41. The molecule has 6 rings (SSSR count). The zero-order valence-electron chi connectivity index (χ0n) is 34.7. The van der Waals surface area contributed by atoms with Gasteiger partial charge in [0, 0.05) is 52.2 Å². The van der Waals surface area contributed by atoms with Gasteiger partial charge in [-0.15, -0.1) is 0 Å². The van der Waals surface area contributed by atoms with Crippen molar-refractivity contribution in [3.63, 3.8) is 0 Å². The van der Waals surface area contributed by atoms with Crippen molar-refractivity contribution in [3.05, 3.63) is 138 Å². The molecular formula is C47H45N7O6. The standard InChI is InChI=1S/C24H23N3O3.C23H22N4O3/c1-24(2,15-25)19-10-9-17(14-18(19)20-7-5-6-12-26-20)27-23(28)16-8-11-21(29-3)22(13-16)30-4;1-23(2,13-24)19-7-6-17(10-18(19)16-11-25-14-26-12-16)27-22(28)15-5-8-20(29-3)21(9-15)30-4/h5-14H,1-4H3,(H,27,28);5-12,14H,1-4H3,(H,27,28). The van der Waals surface area contributed by atoms with Crippen LogP contribution in [0.1, 0.15) is 59.5 Å². The normalized spacial score (nSPS) is 10.8. The highest BCUT2D eigenvalue weighted by atomic mass is 16.5. The van der Waals surface area contributed by atoms with Gasteiger partial charge >= 0.3 is 0 Å². The average molecular weight is 804 g/mol. The molecule has 0 unspecified atom stereocenters. The molecule has 60 heavy (non-hydrogen) atoms. The van der Waals surface area contributed by atoms with Crippen LogP contribution in [-0.4, -0.2) is 55.2 Å². The van der Waals surface area contributed by atoms with E-state index in [0.717, 1.165) is 33.5 Å². The van der Waals surface area contributed by atoms with Crippen LogP contribution in [0.3, 0.4) is 0 Å². The second kappa shape index (κ2) is 19.1. The minimum absolute atomic E-state index is 0.282. The molecule has 0 aliphatic rings. The van der Waals surface area contributed by atoms with Gasteiger partial charge in [0.1, 0.15) is 6.33 Å². The van der Waals surface area contributed by atoms with Gasteiger partial charge < -0.3 is 29.6 Å². The predicted octanol–water partition coefficient (Wildman–Crippen LogP) is 9.03. The summed E-state index contributed by atoms with van der Waals surface area (Å²) in [7, 11) is 6.12. The first-order valence-corrected chi connectivity index (χ1v) is 18.6. The summed E-state index contributed by atoms with van der Waals surface area (Å²) in [6.07, 6.45) is 6.51. The van der Waals surface area contributed by atoms with Crippen LogP contribution in [0.15, 0.2) is 116 Å². The van der Waals surface area contributed by atoms with Crippen LogP contribution in [-0.2, 0) is 10.8 Å². The Morgan fingerprint density at radius 2 is 1.05 bits per heavy atom. The lowest BCUT2D eigenvalue weighted by atomic mass is 9.81. The third-order valence-corrected chi connectivity index (χ3v) is 9.56. The summed E-state index contributed by atoms with van der Waals surface area (Å²) in [5.41, 5.74) is 5.37. The van der Waals surface area contributed by atoms with Crippen LogP contribution in [0.2, 0.25) is 0 Å². The molecule has 2 aromatic heterocycles. The number of hydrogen-bond acceptors (Lipinski definition) is 11. The molecule has 304 valence electrons. The number of anilines is 2. The van der Waals surface area contributed by atoms with Gasteiger partial charge in [-0.05, 0) is 117 Å². The zero-order valence-corrected chi connectivity index (χ0v) is 34.7. The molecule has 13 nitrogen and oxygen atoms in total. The number of amides is 2. The Kier molecular flexibility index (Phi) is 13.8. The van der Waals surface area contributed by atoms with Gasteiger partial charge in [-0.1, -0.05) is 18.2 Å². The number of nitrogens with one attached hydrogen (secondary N) is 2. The smallest absolute Gasteiger partial charge is 0.255 e. The number of hydrogen-bond donors (Lipinski definition) is 2. The summed E-state index contributed by atoms with van der Waals surface area (Å²) in [5.74, 6) is 1.47. The lowest BCUT2D eigenvalue weighted by Crippen LogP contribution is -2.17. The molecule has 0 fully saturated rings. The summed E-state index contributed by atoms with van der Waals surface area (Å²) in [5, 5.41) is 25.0. The van der Waals surface area contributed by atoms with Crippen molar-refractivity contribution in [1.82, 2.24) is 15.0 Å². The van der Waals surface area contributed by atoms with Crippen LogP contribution in [0.5, 0.6) is 23.0 Å². The Morgan fingerprint density at radius 1 is 0.583 bits per heavy atom. The highest BCUT2D eigenvalue weighted by Crippen LogP contribution is 2.36. The number of carbonyl (C=O) groups is 2. The van der Waals surface area contributed by atoms with Crippen molar-refractivity contribution in [2.45, 2.75) is 38.5 Å². The Hall–Kier alpha value is -7.77. The first kappa shape index (κ1) is 43.4. The minimum Gasteiger partial charge on any atom is -0.493 e. The summed E-state index contributed by atoms with van der Waals surface area (Å²) in [4.78, 5) is 38.2. The van der Waals surface area contributed by atoms with E-state index in [2.05, 4.69) is 37.7 Å². The Balaban J connectivity index is 0.000000228. The Bertz CT molecular complexity index is 2390. The van der Waals surface area contributed by atoms with Crippen molar-refractivity contribution in [1.29, 1.82) is 10.5 Å². The van der Waals surface area contributed by atoms with E-state index < -0.39 is 10.8 Å². The molecular weight excluding hydrogens is 759 g/mol. The van der Waals surface area contributed by atoms with Gasteiger partial charge in [-0.3, -0.25) is 14.6 Å². The molecule has 13 heteroatoms. The topological polar surface area (TPSA) is 181 Å². The molecule has 2 heterocycles. The third-order valence-electron chi connectivity index (χ3n) is 9.56. The second-order valence-electron chi connectivity index (χ2n) is 14.4. The van der Waals surface area contributed by atoms with Crippen molar-refractivity contribution in [2.75, 3.05) is 39.1 Å². The van der Waals surface area contributed by atoms with E-state index in [0.29, 0.717) is 45.5 Å². The van der Waals surface area contributed by atoms with Crippen molar-refractivity contribution < 1.29 is 28.5 Å². The molecule has 6 aromatic rings. The number of methoxy groups -OCH3 is 4. The first-order valence-electron chi connectivity index (χ1n) is 18.6. The van der Waals surface area contributed by atoms with Gasteiger partial charge in [0.15, 0.2) is 23.0 Å². The van der Waals surface area contributed by atoms with Crippen LogP contribution < -0.4 is 29.6 Å². The summed E-state index contributed by atoms with van der Waals surface area (Å²) < 4.78 is 21.0. The van der Waals surface area contributed by atoms with Crippen molar-refractivity contribution in [3.8, 4) is 57.5 Å². The second-order valence-corrected chi connectivity index (χ2v) is 14.4. The number of benzene rings is 4. The maximum Gasteiger partial charge on any atom is 0.255 e. The fourth-order valence-corrected chi connectivity index (χ4v) is 6.23. The summed E-state index contributed by atoms with van der Waals surface area (Å²) >= 11 is 0. The van der Waals surface area contributed by atoms with Gasteiger partial charge in [0.05, 0.1) is 57.1 Å². The average Bonchev–Trinajstić information content (AvgIpc) is 3.29. The van der Waals surface area contributed by atoms with Gasteiger partial charge in [-0.25, -0.2) is 9.97 Å². The number of nitrogens with zero attached hydrogens (tertiary/aromatic N) is 5.